The summed E-state index contributed by atoms with van der Waals surface area (Å²) in [4.78, 5) is 26.8. The van der Waals surface area contributed by atoms with Gasteiger partial charge in [-0.1, -0.05) is 11.6 Å². The highest BCUT2D eigenvalue weighted by Gasteiger charge is 2.19. The molecule has 2 heterocycles. The summed E-state index contributed by atoms with van der Waals surface area (Å²) in [6.07, 6.45) is 3.07. The van der Waals surface area contributed by atoms with Crippen LogP contribution in [0.15, 0.2) is 11.6 Å². The van der Waals surface area contributed by atoms with Crippen LogP contribution in [-0.2, 0) is 0 Å². The number of carbonyl (C=O) groups is 2. The molecule has 20 heavy (non-hydrogen) atoms. The second kappa shape index (κ2) is 6.05. The minimum atomic E-state index is -0.155. The SMILES string of the molecule is CC(=O)c1c(C)[nH]c(C(=O)NCC2=CCNCC2)c1C. The fourth-order valence-electron chi connectivity index (χ4n) is 2.62. The molecular formula is C15H21N3O2. The first-order chi connectivity index (χ1) is 9.50. The Kier molecular flexibility index (Phi) is 4.39. The van der Waals surface area contributed by atoms with Gasteiger partial charge in [0.1, 0.15) is 5.69 Å². The Balaban J connectivity index is 2.08. The third kappa shape index (κ3) is 2.99. The normalized spacial score (nSPS) is 14.8. The van der Waals surface area contributed by atoms with Crippen LogP contribution in [0.5, 0.6) is 0 Å². The van der Waals surface area contributed by atoms with Crippen molar-refractivity contribution in [3.05, 3.63) is 34.2 Å². The van der Waals surface area contributed by atoms with E-state index in [0.29, 0.717) is 17.8 Å². The molecule has 1 aliphatic rings. The molecular weight excluding hydrogens is 254 g/mol. The maximum Gasteiger partial charge on any atom is 0.268 e. The van der Waals surface area contributed by atoms with Crippen molar-refractivity contribution in [2.75, 3.05) is 19.6 Å². The summed E-state index contributed by atoms with van der Waals surface area (Å²) in [5.41, 5.74) is 3.83. The Bertz CT molecular complexity index is 570. The predicted octanol–water partition coefficient (Wildman–Crippen LogP) is 1.48. The Hall–Kier alpha value is -1.88. The quantitative estimate of drug-likeness (QED) is 0.575. The van der Waals surface area contributed by atoms with E-state index in [1.807, 2.05) is 6.92 Å². The molecule has 0 unspecified atom stereocenters. The molecule has 1 amide bonds. The Morgan fingerprint density at radius 3 is 2.65 bits per heavy atom. The van der Waals surface area contributed by atoms with Crippen molar-refractivity contribution in [1.29, 1.82) is 0 Å². The summed E-state index contributed by atoms with van der Waals surface area (Å²) < 4.78 is 0. The van der Waals surface area contributed by atoms with E-state index in [2.05, 4.69) is 21.7 Å². The van der Waals surface area contributed by atoms with Crippen molar-refractivity contribution in [2.45, 2.75) is 27.2 Å². The number of Topliss-reactive ketones (excluding diaryl/α,β-unsaturated/α-hetero) is 1. The van der Waals surface area contributed by atoms with Gasteiger partial charge in [0.25, 0.3) is 5.91 Å². The molecule has 0 spiro atoms. The molecule has 0 radical (unpaired) electrons. The standard InChI is InChI=1S/C15H21N3O2/c1-9-13(11(3)19)10(2)18-14(9)15(20)17-8-12-4-6-16-7-5-12/h4,16,18H,5-8H2,1-3H3,(H,17,20). The van der Waals surface area contributed by atoms with Crippen molar-refractivity contribution >= 4 is 11.7 Å². The zero-order chi connectivity index (χ0) is 14.7. The van der Waals surface area contributed by atoms with Gasteiger partial charge in [-0.25, -0.2) is 0 Å². The van der Waals surface area contributed by atoms with E-state index in [4.69, 9.17) is 0 Å². The highest BCUT2D eigenvalue weighted by atomic mass is 16.2. The molecule has 0 aliphatic carbocycles. The molecule has 5 nitrogen and oxygen atoms in total. The Morgan fingerprint density at radius 1 is 1.35 bits per heavy atom. The highest BCUT2D eigenvalue weighted by molar-refractivity contribution is 6.02. The van der Waals surface area contributed by atoms with E-state index in [1.165, 1.54) is 12.5 Å². The Labute approximate surface area is 118 Å². The van der Waals surface area contributed by atoms with E-state index in [-0.39, 0.29) is 11.7 Å². The molecule has 3 N–H and O–H groups in total. The maximum atomic E-state index is 12.2. The predicted molar refractivity (Wildman–Crippen MR) is 78.2 cm³/mol. The summed E-state index contributed by atoms with van der Waals surface area (Å²) in [6, 6.07) is 0. The number of hydrogen-bond donors (Lipinski definition) is 3. The summed E-state index contributed by atoms with van der Waals surface area (Å²) in [7, 11) is 0. The number of aromatic amines is 1. The highest BCUT2D eigenvalue weighted by Crippen LogP contribution is 2.18. The smallest absolute Gasteiger partial charge is 0.268 e. The second-order valence-electron chi connectivity index (χ2n) is 5.18. The van der Waals surface area contributed by atoms with Crippen LogP contribution in [0.1, 0.15) is 45.4 Å². The second-order valence-corrected chi connectivity index (χ2v) is 5.18. The molecule has 2 rings (SSSR count). The minimum absolute atomic E-state index is 0.0173. The molecule has 0 atom stereocenters. The van der Waals surface area contributed by atoms with Gasteiger partial charge in [0.2, 0.25) is 0 Å². The van der Waals surface area contributed by atoms with Crippen LogP contribution in [-0.4, -0.2) is 36.3 Å². The van der Waals surface area contributed by atoms with Gasteiger partial charge in [0.05, 0.1) is 0 Å². The van der Waals surface area contributed by atoms with Crippen LogP contribution >= 0.6 is 0 Å². The largest absolute Gasteiger partial charge is 0.354 e. The van der Waals surface area contributed by atoms with Crippen LogP contribution < -0.4 is 10.6 Å². The molecule has 108 valence electrons. The molecule has 0 aromatic carbocycles. The van der Waals surface area contributed by atoms with Crippen molar-refractivity contribution in [1.82, 2.24) is 15.6 Å². The first-order valence-electron chi connectivity index (χ1n) is 6.87. The number of amides is 1. The number of aryl methyl sites for hydroxylation is 1. The fourth-order valence-corrected chi connectivity index (χ4v) is 2.62. The van der Waals surface area contributed by atoms with Crippen molar-refractivity contribution in [3.63, 3.8) is 0 Å². The molecule has 1 aromatic rings. The van der Waals surface area contributed by atoms with E-state index in [9.17, 15) is 9.59 Å². The number of aromatic nitrogens is 1. The van der Waals surface area contributed by atoms with Crippen molar-refractivity contribution in [3.8, 4) is 0 Å². The molecule has 0 saturated carbocycles. The molecule has 1 aliphatic heterocycles. The minimum Gasteiger partial charge on any atom is -0.354 e. The van der Waals surface area contributed by atoms with Crippen molar-refractivity contribution < 1.29 is 9.59 Å². The van der Waals surface area contributed by atoms with Gasteiger partial charge >= 0.3 is 0 Å². The molecule has 0 bridgehead atoms. The lowest BCUT2D eigenvalue weighted by molar-refractivity contribution is 0.0951. The van der Waals surface area contributed by atoms with Crippen LogP contribution in [0.4, 0.5) is 0 Å². The maximum absolute atomic E-state index is 12.2. The first-order valence-corrected chi connectivity index (χ1v) is 6.87. The van der Waals surface area contributed by atoms with E-state index >= 15 is 0 Å². The van der Waals surface area contributed by atoms with Gasteiger partial charge in [0, 0.05) is 24.3 Å². The van der Waals surface area contributed by atoms with Crippen LogP contribution in [0, 0.1) is 13.8 Å². The van der Waals surface area contributed by atoms with Gasteiger partial charge in [0.15, 0.2) is 5.78 Å². The number of hydrogen-bond acceptors (Lipinski definition) is 3. The Morgan fingerprint density at radius 2 is 2.10 bits per heavy atom. The third-order valence-corrected chi connectivity index (χ3v) is 3.65. The van der Waals surface area contributed by atoms with Gasteiger partial charge < -0.3 is 15.6 Å². The average molecular weight is 275 g/mol. The van der Waals surface area contributed by atoms with E-state index in [0.717, 1.165) is 30.8 Å². The number of carbonyl (C=O) groups excluding carboxylic acids is 2. The number of H-pyrrole nitrogens is 1. The van der Waals surface area contributed by atoms with Crippen LogP contribution in [0.2, 0.25) is 0 Å². The van der Waals surface area contributed by atoms with Gasteiger partial charge in [-0.3, -0.25) is 9.59 Å². The van der Waals surface area contributed by atoms with Gasteiger partial charge in [-0.2, -0.15) is 0 Å². The third-order valence-electron chi connectivity index (χ3n) is 3.65. The topological polar surface area (TPSA) is 74.0 Å². The molecule has 0 fully saturated rings. The summed E-state index contributed by atoms with van der Waals surface area (Å²) in [5.74, 6) is -0.172. The van der Waals surface area contributed by atoms with Gasteiger partial charge in [-0.15, -0.1) is 0 Å². The fraction of sp³-hybridized carbons (Fsp3) is 0.467. The zero-order valence-electron chi connectivity index (χ0n) is 12.2. The molecule has 1 aromatic heterocycles. The lowest BCUT2D eigenvalue weighted by Gasteiger charge is -2.14. The number of ketones is 1. The zero-order valence-corrected chi connectivity index (χ0v) is 12.2. The summed E-state index contributed by atoms with van der Waals surface area (Å²) >= 11 is 0. The first kappa shape index (κ1) is 14.5. The van der Waals surface area contributed by atoms with Crippen LogP contribution in [0.3, 0.4) is 0 Å². The lowest BCUT2D eigenvalue weighted by atomic mass is 10.1. The molecule has 5 heteroatoms. The van der Waals surface area contributed by atoms with Crippen molar-refractivity contribution in [2.24, 2.45) is 0 Å². The van der Waals surface area contributed by atoms with E-state index < -0.39 is 0 Å². The van der Waals surface area contributed by atoms with Crippen LogP contribution in [0.25, 0.3) is 0 Å². The average Bonchev–Trinajstić information content (AvgIpc) is 2.72. The summed E-state index contributed by atoms with van der Waals surface area (Å²) in [5, 5.41) is 6.15. The monoisotopic (exact) mass is 275 g/mol. The summed E-state index contributed by atoms with van der Waals surface area (Å²) in [6.45, 7) is 7.52. The van der Waals surface area contributed by atoms with E-state index in [1.54, 1.807) is 6.92 Å². The number of nitrogens with one attached hydrogen (secondary N) is 3. The van der Waals surface area contributed by atoms with Gasteiger partial charge in [-0.05, 0) is 39.3 Å². The number of rotatable bonds is 4. The molecule has 0 saturated heterocycles. The lowest BCUT2D eigenvalue weighted by Crippen LogP contribution is -2.30.